The van der Waals surface area contributed by atoms with Crippen molar-refractivity contribution in [2.75, 3.05) is 13.7 Å². The number of carbonyl (C=O) groups is 1. The first-order valence-corrected chi connectivity index (χ1v) is 5.92. The van der Waals surface area contributed by atoms with E-state index in [1.807, 2.05) is 0 Å². The second-order valence-corrected chi connectivity index (χ2v) is 4.09. The van der Waals surface area contributed by atoms with Gasteiger partial charge in [0.15, 0.2) is 6.61 Å². The average Bonchev–Trinajstić information content (AvgIpc) is 2.45. The number of aromatic hydroxyl groups is 2. The third kappa shape index (κ3) is 3.20. The van der Waals surface area contributed by atoms with Crippen molar-refractivity contribution in [3.05, 3.63) is 48.0 Å². The van der Waals surface area contributed by atoms with Crippen LogP contribution in [0.2, 0.25) is 0 Å². The van der Waals surface area contributed by atoms with Gasteiger partial charge in [0.2, 0.25) is 5.78 Å². The summed E-state index contributed by atoms with van der Waals surface area (Å²) in [5.74, 6) is 0.362. The van der Waals surface area contributed by atoms with E-state index >= 15 is 0 Å². The van der Waals surface area contributed by atoms with Crippen molar-refractivity contribution in [2.24, 2.45) is 0 Å². The number of hydrogen-bond acceptors (Lipinski definition) is 5. The Balaban J connectivity index is 2.04. The Hall–Kier alpha value is -2.69. The van der Waals surface area contributed by atoms with Crippen LogP contribution in [0.5, 0.6) is 23.0 Å². The highest BCUT2D eigenvalue weighted by Gasteiger charge is 2.12. The first kappa shape index (κ1) is 13.7. The molecule has 2 aromatic rings. The molecular formula is C15H14O5. The third-order valence-corrected chi connectivity index (χ3v) is 2.69. The lowest BCUT2D eigenvalue weighted by molar-refractivity contribution is 0.0918. The monoisotopic (exact) mass is 274 g/mol. The molecule has 0 aromatic heterocycles. The average molecular weight is 274 g/mol. The molecule has 2 N–H and O–H groups in total. The highest BCUT2D eigenvalue weighted by Crippen LogP contribution is 2.24. The van der Waals surface area contributed by atoms with E-state index in [1.165, 1.54) is 12.1 Å². The van der Waals surface area contributed by atoms with E-state index in [1.54, 1.807) is 31.4 Å². The summed E-state index contributed by atoms with van der Waals surface area (Å²) < 4.78 is 10.4. The minimum atomic E-state index is -0.384. The van der Waals surface area contributed by atoms with Gasteiger partial charge in [-0.15, -0.1) is 0 Å². The Morgan fingerprint density at radius 2 is 1.85 bits per heavy atom. The van der Waals surface area contributed by atoms with Gasteiger partial charge in [0.25, 0.3) is 0 Å². The fraction of sp³-hybridized carbons (Fsp3) is 0.133. The van der Waals surface area contributed by atoms with E-state index in [0.717, 1.165) is 6.07 Å². The molecule has 0 spiro atoms. The molecule has 0 amide bonds. The van der Waals surface area contributed by atoms with Crippen LogP contribution in [-0.2, 0) is 0 Å². The number of ether oxygens (including phenoxy) is 2. The van der Waals surface area contributed by atoms with Crippen molar-refractivity contribution in [2.45, 2.75) is 0 Å². The second kappa shape index (κ2) is 5.97. The maximum Gasteiger partial charge on any atom is 0.203 e. The van der Waals surface area contributed by atoms with Crippen molar-refractivity contribution >= 4 is 5.78 Å². The summed E-state index contributed by atoms with van der Waals surface area (Å²) in [6, 6.07) is 10.7. The molecule has 5 heteroatoms. The van der Waals surface area contributed by atoms with Gasteiger partial charge < -0.3 is 19.7 Å². The van der Waals surface area contributed by atoms with Crippen molar-refractivity contribution in [3.63, 3.8) is 0 Å². The maximum atomic E-state index is 11.9. The number of ketones is 1. The van der Waals surface area contributed by atoms with Gasteiger partial charge in [-0.3, -0.25) is 4.79 Å². The Bertz CT molecular complexity index is 621. The second-order valence-electron chi connectivity index (χ2n) is 4.09. The van der Waals surface area contributed by atoms with Crippen molar-refractivity contribution in [3.8, 4) is 23.0 Å². The molecule has 0 saturated heterocycles. The summed E-state index contributed by atoms with van der Waals surface area (Å²) in [6.07, 6.45) is 0. The van der Waals surface area contributed by atoms with E-state index in [2.05, 4.69) is 0 Å². The number of methoxy groups -OCH3 is 1. The number of hydrogen-bond donors (Lipinski definition) is 2. The molecular weight excluding hydrogens is 260 g/mol. The van der Waals surface area contributed by atoms with Gasteiger partial charge in [0, 0.05) is 12.1 Å². The molecule has 0 aliphatic carbocycles. The van der Waals surface area contributed by atoms with E-state index in [9.17, 15) is 9.90 Å². The van der Waals surface area contributed by atoms with Crippen molar-refractivity contribution in [1.29, 1.82) is 0 Å². The fourth-order valence-corrected chi connectivity index (χ4v) is 1.67. The van der Waals surface area contributed by atoms with Crippen LogP contribution in [0.25, 0.3) is 0 Å². The summed E-state index contributed by atoms with van der Waals surface area (Å²) in [4.78, 5) is 11.9. The lowest BCUT2D eigenvalue weighted by Gasteiger charge is -2.08. The number of phenols is 2. The lowest BCUT2D eigenvalue weighted by Crippen LogP contribution is -2.11. The van der Waals surface area contributed by atoms with Crippen LogP contribution < -0.4 is 9.47 Å². The lowest BCUT2D eigenvalue weighted by atomic mass is 10.1. The van der Waals surface area contributed by atoms with Crippen LogP contribution >= 0.6 is 0 Å². The first-order valence-electron chi connectivity index (χ1n) is 5.92. The zero-order chi connectivity index (χ0) is 14.5. The summed E-state index contributed by atoms with van der Waals surface area (Å²) in [5.41, 5.74) is 0.102. The number of rotatable bonds is 5. The van der Waals surface area contributed by atoms with Gasteiger partial charge in [-0.05, 0) is 24.3 Å². The zero-order valence-corrected chi connectivity index (χ0v) is 10.9. The molecule has 0 heterocycles. The molecule has 104 valence electrons. The van der Waals surface area contributed by atoms with Gasteiger partial charge in [-0.1, -0.05) is 6.07 Å². The minimum absolute atomic E-state index is 0.102. The SMILES string of the molecule is COc1cccc(OCC(=O)c2ccc(O)cc2O)c1. The Kier molecular flexibility index (Phi) is 4.10. The third-order valence-electron chi connectivity index (χ3n) is 2.69. The van der Waals surface area contributed by atoms with Crippen LogP contribution in [-0.4, -0.2) is 29.7 Å². The summed E-state index contributed by atoms with van der Waals surface area (Å²) in [5, 5.41) is 18.8. The Morgan fingerprint density at radius 3 is 2.55 bits per heavy atom. The summed E-state index contributed by atoms with van der Waals surface area (Å²) in [6.45, 7) is -0.217. The zero-order valence-electron chi connectivity index (χ0n) is 10.9. The molecule has 2 aromatic carbocycles. The minimum Gasteiger partial charge on any atom is -0.508 e. The predicted octanol–water partition coefficient (Wildman–Crippen LogP) is 2.37. The standard InChI is InChI=1S/C15H14O5/c1-19-11-3-2-4-12(8-11)20-9-15(18)13-6-5-10(16)7-14(13)17/h2-8,16-17H,9H2,1H3. The summed E-state index contributed by atoms with van der Waals surface area (Å²) >= 11 is 0. The smallest absolute Gasteiger partial charge is 0.203 e. The molecule has 0 aliphatic rings. The predicted molar refractivity (Wildman–Crippen MR) is 72.6 cm³/mol. The number of Topliss-reactive ketones (excluding diaryl/α,β-unsaturated/α-hetero) is 1. The van der Waals surface area contributed by atoms with Crippen LogP contribution in [0.3, 0.4) is 0 Å². The Labute approximate surface area is 116 Å². The molecule has 0 radical (unpaired) electrons. The fourth-order valence-electron chi connectivity index (χ4n) is 1.67. The number of benzene rings is 2. The highest BCUT2D eigenvalue weighted by molar-refractivity contribution is 5.99. The maximum absolute atomic E-state index is 11.9. The van der Waals surface area contributed by atoms with E-state index < -0.39 is 0 Å². The van der Waals surface area contributed by atoms with Gasteiger partial charge in [0.05, 0.1) is 12.7 Å². The molecule has 20 heavy (non-hydrogen) atoms. The highest BCUT2D eigenvalue weighted by atomic mass is 16.5. The Morgan fingerprint density at radius 1 is 1.10 bits per heavy atom. The molecule has 5 nitrogen and oxygen atoms in total. The van der Waals surface area contributed by atoms with Gasteiger partial charge in [-0.2, -0.15) is 0 Å². The number of carbonyl (C=O) groups excluding carboxylic acids is 1. The molecule has 0 unspecified atom stereocenters. The molecule has 2 rings (SSSR count). The molecule has 0 fully saturated rings. The molecule has 0 aliphatic heterocycles. The van der Waals surface area contributed by atoms with E-state index in [0.29, 0.717) is 11.5 Å². The normalized spacial score (nSPS) is 10.1. The van der Waals surface area contributed by atoms with Gasteiger partial charge in [-0.25, -0.2) is 0 Å². The van der Waals surface area contributed by atoms with Crippen LogP contribution in [0.15, 0.2) is 42.5 Å². The van der Waals surface area contributed by atoms with Crippen LogP contribution in [0.1, 0.15) is 10.4 Å². The largest absolute Gasteiger partial charge is 0.508 e. The van der Waals surface area contributed by atoms with Crippen molar-refractivity contribution in [1.82, 2.24) is 0 Å². The van der Waals surface area contributed by atoms with E-state index in [-0.39, 0.29) is 29.5 Å². The van der Waals surface area contributed by atoms with Gasteiger partial charge in [0.1, 0.15) is 23.0 Å². The van der Waals surface area contributed by atoms with Crippen LogP contribution in [0, 0.1) is 0 Å². The topological polar surface area (TPSA) is 76.0 Å². The molecule has 0 bridgehead atoms. The first-order chi connectivity index (χ1) is 9.60. The van der Waals surface area contributed by atoms with E-state index in [4.69, 9.17) is 14.6 Å². The summed E-state index contributed by atoms with van der Waals surface area (Å²) in [7, 11) is 1.54. The molecule has 0 saturated carbocycles. The van der Waals surface area contributed by atoms with Crippen LogP contribution in [0.4, 0.5) is 0 Å². The van der Waals surface area contributed by atoms with Crippen molar-refractivity contribution < 1.29 is 24.5 Å². The number of phenolic OH excluding ortho intramolecular Hbond substituents is 2. The quantitative estimate of drug-likeness (QED) is 0.819. The van der Waals surface area contributed by atoms with Gasteiger partial charge >= 0.3 is 0 Å². The molecule has 0 atom stereocenters.